The molecule has 9 heavy (non-hydrogen) atoms. The van der Waals surface area contributed by atoms with Crippen molar-refractivity contribution >= 4 is 5.78 Å². The van der Waals surface area contributed by atoms with Crippen molar-refractivity contribution in [1.82, 2.24) is 0 Å². The van der Waals surface area contributed by atoms with Crippen molar-refractivity contribution < 1.29 is 25.2 Å². The zero-order chi connectivity index (χ0) is 6.57. The molecule has 1 nitrogen and oxygen atoms in total. The maximum absolute atomic E-state index is 10.3. The zero-order valence-corrected chi connectivity index (χ0v) is 7.64. The fourth-order valence-corrected chi connectivity index (χ4v) is 0.402. The van der Waals surface area contributed by atoms with E-state index in [9.17, 15) is 4.79 Å². The molecule has 0 spiro atoms. The van der Waals surface area contributed by atoms with Crippen LogP contribution in [-0.2, 0) is 25.2 Å². The van der Waals surface area contributed by atoms with E-state index in [4.69, 9.17) is 0 Å². The molecule has 0 saturated carbocycles. The average Bonchev–Trinajstić information content (AvgIpc) is 1.61. The Morgan fingerprint density at radius 2 is 2.00 bits per heavy atom. The first kappa shape index (κ1) is 11.9. The Balaban J connectivity index is 0. The van der Waals surface area contributed by atoms with Gasteiger partial charge in [-0.2, -0.15) is 6.42 Å². The monoisotopic (exact) mass is 219 g/mol. The summed E-state index contributed by atoms with van der Waals surface area (Å²) in [5.74, 6) is 0.789. The molecule has 0 fully saturated rings. The Morgan fingerprint density at radius 1 is 1.56 bits per heavy atom. The first-order valence-corrected chi connectivity index (χ1v) is 2.96. The van der Waals surface area contributed by atoms with E-state index in [1.54, 1.807) is 13.3 Å². The van der Waals surface area contributed by atoms with Crippen LogP contribution in [0.25, 0.3) is 0 Å². The molecule has 0 aliphatic carbocycles. The summed E-state index contributed by atoms with van der Waals surface area (Å²) in [4.78, 5) is 10.3. The topological polar surface area (TPSA) is 17.1 Å². The molecule has 0 aliphatic heterocycles. The molecule has 0 amide bonds. The smallest absolute Gasteiger partial charge is 0 e. The first-order chi connectivity index (χ1) is 3.63. The number of carbonyl (C=O) groups excluding carboxylic acids is 1. The maximum atomic E-state index is 10.3. The van der Waals surface area contributed by atoms with Crippen LogP contribution in [0, 0.1) is 12.3 Å². The molecular weight excluding hydrogens is 206 g/mol. The van der Waals surface area contributed by atoms with E-state index in [0.29, 0.717) is 5.92 Å². The zero-order valence-electron chi connectivity index (χ0n) is 6.09. The Hall–Kier alpha value is 0.202. The molecule has 0 aromatic heterocycles. The third-order valence-electron chi connectivity index (χ3n) is 0.877. The van der Waals surface area contributed by atoms with E-state index in [1.807, 2.05) is 0 Å². The number of hydrogen-bond donors (Lipinski definition) is 0. The van der Waals surface area contributed by atoms with Gasteiger partial charge in [0.1, 0.15) is 0 Å². The van der Waals surface area contributed by atoms with Gasteiger partial charge in [-0.25, -0.2) is 0 Å². The number of ketones is 1. The Bertz CT molecular complexity index is 79.0. The molecule has 0 aromatic rings. The van der Waals surface area contributed by atoms with Crippen LogP contribution < -0.4 is 0 Å². The van der Waals surface area contributed by atoms with Crippen molar-refractivity contribution in [2.75, 3.05) is 0 Å². The van der Waals surface area contributed by atoms with Crippen LogP contribution >= 0.6 is 0 Å². The van der Waals surface area contributed by atoms with Crippen LogP contribution in [0.3, 0.4) is 0 Å². The molecule has 58 valence electrons. The van der Waals surface area contributed by atoms with Crippen molar-refractivity contribution in [2.45, 2.75) is 27.2 Å². The van der Waals surface area contributed by atoms with Crippen molar-refractivity contribution in [1.29, 1.82) is 0 Å². The normalized spacial score (nSPS) is 8.44. The van der Waals surface area contributed by atoms with E-state index in [2.05, 4.69) is 13.8 Å². The largest absolute Gasteiger partial charge is 0.335 e. The second kappa shape index (κ2) is 6.32. The maximum Gasteiger partial charge on any atom is 0 e. The van der Waals surface area contributed by atoms with Crippen LogP contribution in [0.2, 0.25) is 0 Å². The fourth-order valence-electron chi connectivity index (χ4n) is 0.402. The quantitative estimate of drug-likeness (QED) is 0.523. The summed E-state index contributed by atoms with van der Waals surface area (Å²) in [7, 11) is 0. The molecular formula is C7H13OPd-. The van der Waals surface area contributed by atoms with Gasteiger partial charge in [0, 0.05) is 20.4 Å². The van der Waals surface area contributed by atoms with Gasteiger partial charge < -0.3 is 11.2 Å². The number of Topliss-reactive ketones (excluding diaryl/α,β-unsaturated/α-hetero) is 1. The summed E-state index contributed by atoms with van der Waals surface area (Å²) in [6.45, 7) is 5.78. The van der Waals surface area contributed by atoms with Crippen LogP contribution in [-0.4, -0.2) is 5.78 Å². The minimum atomic E-state index is 0. The Morgan fingerprint density at radius 3 is 2.11 bits per heavy atom. The van der Waals surface area contributed by atoms with Crippen LogP contribution in [0.4, 0.5) is 0 Å². The van der Waals surface area contributed by atoms with Crippen LogP contribution in [0.5, 0.6) is 0 Å². The van der Waals surface area contributed by atoms with Crippen molar-refractivity contribution in [2.24, 2.45) is 5.92 Å². The summed E-state index contributed by atoms with van der Waals surface area (Å²) in [5, 5.41) is 0. The average molecular weight is 220 g/mol. The first-order valence-electron chi connectivity index (χ1n) is 2.96. The van der Waals surface area contributed by atoms with Gasteiger partial charge in [-0.1, -0.05) is 19.8 Å². The van der Waals surface area contributed by atoms with Crippen LogP contribution in [0.1, 0.15) is 27.2 Å². The number of hydrogen-bond acceptors (Lipinski definition) is 1. The van der Waals surface area contributed by atoms with Crippen molar-refractivity contribution in [3.05, 3.63) is 6.42 Å². The second-order valence-corrected chi connectivity index (χ2v) is 2.44. The van der Waals surface area contributed by atoms with Gasteiger partial charge in [0.2, 0.25) is 0 Å². The Kier molecular flexibility index (Phi) is 8.39. The minimum Gasteiger partial charge on any atom is -0.335 e. The molecule has 2 heteroatoms. The van der Waals surface area contributed by atoms with Crippen LogP contribution in [0.15, 0.2) is 0 Å². The summed E-state index contributed by atoms with van der Waals surface area (Å²) < 4.78 is 0. The van der Waals surface area contributed by atoms with Gasteiger partial charge in [-0.15, -0.1) is 0 Å². The number of carbonyl (C=O) groups is 1. The molecule has 0 saturated heterocycles. The minimum absolute atomic E-state index is 0. The van der Waals surface area contributed by atoms with Crippen molar-refractivity contribution in [3.8, 4) is 0 Å². The molecule has 0 rings (SSSR count). The molecule has 0 heterocycles. The summed E-state index contributed by atoms with van der Waals surface area (Å²) >= 11 is 0. The molecule has 0 atom stereocenters. The van der Waals surface area contributed by atoms with E-state index in [1.165, 1.54) is 0 Å². The van der Waals surface area contributed by atoms with Gasteiger partial charge in [0.05, 0.1) is 0 Å². The van der Waals surface area contributed by atoms with E-state index < -0.39 is 0 Å². The van der Waals surface area contributed by atoms with Gasteiger partial charge >= 0.3 is 0 Å². The van der Waals surface area contributed by atoms with Gasteiger partial charge in [-0.05, 0) is 12.7 Å². The standard InChI is InChI=1S/C7H13O.Pd/c1-6(2)4-5-7(3)8;/h5-6H,4H2,1-3H3;/q-1;. The summed E-state index contributed by atoms with van der Waals surface area (Å²) in [6.07, 6.45) is 2.64. The summed E-state index contributed by atoms with van der Waals surface area (Å²) in [6, 6.07) is 0. The summed E-state index contributed by atoms with van der Waals surface area (Å²) in [5.41, 5.74) is 0. The molecule has 0 aliphatic rings. The molecule has 0 N–H and O–H groups in total. The number of rotatable bonds is 3. The second-order valence-electron chi connectivity index (χ2n) is 2.44. The van der Waals surface area contributed by atoms with E-state index >= 15 is 0 Å². The van der Waals surface area contributed by atoms with Gasteiger partial charge in [-0.3, -0.25) is 0 Å². The van der Waals surface area contributed by atoms with Gasteiger partial charge in [0.15, 0.2) is 0 Å². The van der Waals surface area contributed by atoms with Crippen molar-refractivity contribution in [3.63, 3.8) is 0 Å². The molecule has 0 radical (unpaired) electrons. The fraction of sp³-hybridized carbons (Fsp3) is 0.714. The predicted molar refractivity (Wildman–Crippen MR) is 34.4 cm³/mol. The van der Waals surface area contributed by atoms with E-state index in [-0.39, 0.29) is 26.2 Å². The van der Waals surface area contributed by atoms with E-state index in [0.717, 1.165) is 6.42 Å². The molecule has 0 bridgehead atoms. The molecule has 0 unspecified atom stereocenters. The van der Waals surface area contributed by atoms with Gasteiger partial charge in [0.25, 0.3) is 0 Å². The third kappa shape index (κ3) is 11.7. The molecule has 0 aromatic carbocycles. The third-order valence-corrected chi connectivity index (χ3v) is 0.877. The predicted octanol–water partition coefficient (Wildman–Crippen LogP) is 1.82. The SMILES string of the molecule is CC(=O)[CH-]CC(C)C.[Pd]. The Labute approximate surface area is 70.9 Å².